The number of morpholine rings is 1. The van der Waals surface area contributed by atoms with E-state index in [9.17, 15) is 9.90 Å². The number of imidazole rings is 1. The number of H-pyrrole nitrogens is 1. The van der Waals surface area contributed by atoms with Crippen molar-refractivity contribution in [1.82, 2.24) is 33.9 Å². The van der Waals surface area contributed by atoms with Gasteiger partial charge >= 0.3 is 5.69 Å². The summed E-state index contributed by atoms with van der Waals surface area (Å²) in [6.45, 7) is 10.9. The Morgan fingerprint density at radius 3 is 2.66 bits per heavy atom. The van der Waals surface area contributed by atoms with Gasteiger partial charge in [0.05, 0.1) is 64.7 Å². The molecule has 6 heterocycles. The van der Waals surface area contributed by atoms with Crippen molar-refractivity contribution in [2.45, 2.75) is 45.9 Å². The van der Waals surface area contributed by atoms with Crippen molar-refractivity contribution in [2.75, 3.05) is 31.2 Å². The molecule has 0 radical (unpaired) electrons. The van der Waals surface area contributed by atoms with Crippen molar-refractivity contribution in [3.05, 3.63) is 35.3 Å². The molecule has 2 N–H and O–H groups in total. The van der Waals surface area contributed by atoms with E-state index in [0.717, 1.165) is 56.3 Å². The molecule has 6 rings (SSSR count). The Bertz CT molecular complexity index is 1690. The number of fused-ring (bicyclic) bond motifs is 3. The van der Waals surface area contributed by atoms with Crippen LogP contribution in [0.15, 0.2) is 29.6 Å². The van der Waals surface area contributed by atoms with E-state index in [4.69, 9.17) is 14.7 Å². The molecule has 0 atom stereocenters. The summed E-state index contributed by atoms with van der Waals surface area (Å²) in [5, 5.41) is 16.7. The van der Waals surface area contributed by atoms with E-state index in [1.807, 2.05) is 30.8 Å². The van der Waals surface area contributed by atoms with Crippen LogP contribution in [0.3, 0.4) is 0 Å². The minimum atomic E-state index is -0.900. The number of nitrogens with zero attached hydrogens (tertiary/aromatic N) is 7. The number of aliphatic hydroxyl groups is 1. The van der Waals surface area contributed by atoms with Crippen LogP contribution in [0.4, 0.5) is 5.13 Å². The molecular weight excluding hydrogens is 504 g/mol. The van der Waals surface area contributed by atoms with E-state index in [2.05, 4.69) is 15.0 Å². The fourth-order valence-electron chi connectivity index (χ4n) is 5.18. The molecule has 1 aliphatic rings. The number of pyridine rings is 1. The van der Waals surface area contributed by atoms with E-state index in [-0.39, 0.29) is 11.7 Å². The molecule has 1 saturated heterocycles. The third kappa shape index (κ3) is 4.12. The number of thiazole rings is 1. The summed E-state index contributed by atoms with van der Waals surface area (Å²) in [5.41, 5.74) is 4.00. The Labute approximate surface area is 223 Å². The molecule has 12 heteroatoms. The number of nitrogens with one attached hydrogen (secondary N) is 1. The van der Waals surface area contributed by atoms with Gasteiger partial charge < -0.3 is 19.7 Å². The molecule has 1 aliphatic heterocycles. The average Bonchev–Trinajstić information content (AvgIpc) is 3.64. The smallest absolute Gasteiger partial charge is 0.329 e. The van der Waals surface area contributed by atoms with Crippen LogP contribution < -0.4 is 10.6 Å². The molecule has 0 amide bonds. The number of aromatic amines is 1. The zero-order valence-corrected chi connectivity index (χ0v) is 23.0. The molecule has 200 valence electrons. The van der Waals surface area contributed by atoms with Gasteiger partial charge in [-0.3, -0.25) is 13.8 Å². The third-order valence-electron chi connectivity index (χ3n) is 6.88. The maximum absolute atomic E-state index is 13.3. The second-order valence-electron chi connectivity index (χ2n) is 10.7. The minimum Gasteiger partial charge on any atom is -0.389 e. The van der Waals surface area contributed by atoms with Gasteiger partial charge in [0, 0.05) is 49.7 Å². The number of aromatic nitrogens is 7. The van der Waals surface area contributed by atoms with Gasteiger partial charge in [0.1, 0.15) is 5.65 Å². The predicted molar refractivity (Wildman–Crippen MR) is 149 cm³/mol. The van der Waals surface area contributed by atoms with E-state index in [1.165, 1.54) is 0 Å². The Hall–Kier alpha value is -3.48. The zero-order valence-electron chi connectivity index (χ0n) is 22.2. The number of anilines is 1. The number of hydrogen-bond acceptors (Lipinski definition) is 8. The van der Waals surface area contributed by atoms with Crippen LogP contribution in [-0.4, -0.2) is 70.9 Å². The molecule has 1 fully saturated rings. The number of ether oxygens (including phenoxy) is 1. The molecule has 0 bridgehead atoms. The van der Waals surface area contributed by atoms with Gasteiger partial charge in [-0.1, -0.05) is 11.3 Å². The highest BCUT2D eigenvalue weighted by molar-refractivity contribution is 7.19. The topological polar surface area (TPSA) is 119 Å². The Kier molecular flexibility index (Phi) is 5.93. The first kappa shape index (κ1) is 24.8. The van der Waals surface area contributed by atoms with Crippen molar-refractivity contribution >= 4 is 38.5 Å². The van der Waals surface area contributed by atoms with Crippen molar-refractivity contribution < 1.29 is 9.84 Å². The maximum Gasteiger partial charge on any atom is 0.329 e. The van der Waals surface area contributed by atoms with E-state index >= 15 is 0 Å². The van der Waals surface area contributed by atoms with Crippen LogP contribution >= 0.6 is 11.3 Å². The standard InChI is InChI=1S/C26H32N8O3S/c1-15(2)34-22-17(31(5)25(34)35)11-27-23-20(22)19(18-12-28-24(38-18)32-6-8-37-9-7-32)21(30-23)16-10-29-33(13-16)14-26(3,4)36/h10-13,15,36H,6-9,14H2,1-5H3,(H,27,30). The summed E-state index contributed by atoms with van der Waals surface area (Å²) in [7, 11) is 1.79. The van der Waals surface area contributed by atoms with Crippen LogP contribution in [-0.2, 0) is 18.3 Å². The van der Waals surface area contributed by atoms with Crippen LogP contribution in [0.1, 0.15) is 33.7 Å². The maximum atomic E-state index is 13.3. The number of rotatable bonds is 6. The lowest BCUT2D eigenvalue weighted by Gasteiger charge is -2.25. The monoisotopic (exact) mass is 536 g/mol. The van der Waals surface area contributed by atoms with Gasteiger partial charge in [-0.05, 0) is 27.7 Å². The van der Waals surface area contributed by atoms with Gasteiger partial charge in [0.25, 0.3) is 0 Å². The first-order chi connectivity index (χ1) is 18.1. The summed E-state index contributed by atoms with van der Waals surface area (Å²) >= 11 is 1.62. The van der Waals surface area contributed by atoms with Crippen molar-refractivity contribution in [3.8, 4) is 21.7 Å². The molecule has 11 nitrogen and oxygen atoms in total. The van der Waals surface area contributed by atoms with Crippen LogP contribution in [0.5, 0.6) is 0 Å². The largest absolute Gasteiger partial charge is 0.389 e. The Morgan fingerprint density at radius 1 is 1.18 bits per heavy atom. The fourth-order valence-corrected chi connectivity index (χ4v) is 6.20. The minimum absolute atomic E-state index is 0.0390. The summed E-state index contributed by atoms with van der Waals surface area (Å²) in [6, 6.07) is -0.0390. The molecule has 0 aromatic carbocycles. The quantitative estimate of drug-likeness (QED) is 0.341. The van der Waals surface area contributed by atoms with Gasteiger partial charge in [-0.25, -0.2) is 14.8 Å². The van der Waals surface area contributed by atoms with Gasteiger partial charge in [-0.2, -0.15) is 5.10 Å². The van der Waals surface area contributed by atoms with Crippen molar-refractivity contribution in [2.24, 2.45) is 7.05 Å². The zero-order chi connectivity index (χ0) is 26.8. The molecule has 38 heavy (non-hydrogen) atoms. The van der Waals surface area contributed by atoms with Crippen molar-refractivity contribution in [1.29, 1.82) is 0 Å². The van der Waals surface area contributed by atoms with Crippen LogP contribution in [0.2, 0.25) is 0 Å². The van der Waals surface area contributed by atoms with Gasteiger partial charge in [0.2, 0.25) is 0 Å². The molecule has 0 spiro atoms. The number of hydrogen-bond donors (Lipinski definition) is 2. The molecule has 0 saturated carbocycles. The van der Waals surface area contributed by atoms with E-state index < -0.39 is 5.60 Å². The summed E-state index contributed by atoms with van der Waals surface area (Å²) in [4.78, 5) is 29.5. The Balaban J connectivity index is 1.62. The highest BCUT2D eigenvalue weighted by atomic mass is 32.1. The highest BCUT2D eigenvalue weighted by Crippen LogP contribution is 2.44. The summed E-state index contributed by atoms with van der Waals surface area (Å²) < 4.78 is 10.8. The van der Waals surface area contributed by atoms with E-state index in [0.29, 0.717) is 25.4 Å². The van der Waals surface area contributed by atoms with Crippen LogP contribution in [0.25, 0.3) is 43.8 Å². The third-order valence-corrected chi connectivity index (χ3v) is 7.96. The normalized spacial score (nSPS) is 15.0. The summed E-state index contributed by atoms with van der Waals surface area (Å²) in [6.07, 6.45) is 7.38. The van der Waals surface area contributed by atoms with Crippen LogP contribution in [0, 0.1) is 0 Å². The molecule has 0 aliphatic carbocycles. The van der Waals surface area contributed by atoms with Crippen molar-refractivity contribution in [3.63, 3.8) is 0 Å². The van der Waals surface area contributed by atoms with E-state index in [1.54, 1.807) is 53.9 Å². The second-order valence-corrected chi connectivity index (χ2v) is 11.8. The fraction of sp³-hybridized carbons (Fsp3) is 0.462. The first-order valence-electron chi connectivity index (χ1n) is 12.8. The lowest BCUT2D eigenvalue weighted by molar-refractivity contribution is 0.0577. The second kappa shape index (κ2) is 9.07. The Morgan fingerprint density at radius 2 is 1.95 bits per heavy atom. The average molecular weight is 537 g/mol. The SMILES string of the molecule is CC(C)n1c(=O)n(C)c2cnc3[nH]c(-c4cnn(CC(C)(C)O)c4)c(-c4cnc(N5CCOCC5)s4)c3c21. The predicted octanol–water partition coefficient (Wildman–Crippen LogP) is 3.39. The number of aryl methyl sites for hydroxylation is 1. The molecule has 5 aromatic rings. The molecule has 0 unspecified atom stereocenters. The lowest BCUT2D eigenvalue weighted by atomic mass is 10.1. The lowest BCUT2D eigenvalue weighted by Crippen LogP contribution is -2.36. The van der Waals surface area contributed by atoms with Gasteiger partial charge in [-0.15, -0.1) is 0 Å². The molecule has 5 aromatic heterocycles. The molecular formula is C26H32N8O3S. The summed E-state index contributed by atoms with van der Waals surface area (Å²) in [5.74, 6) is 0. The highest BCUT2D eigenvalue weighted by Gasteiger charge is 2.26. The van der Waals surface area contributed by atoms with Gasteiger partial charge in [0.15, 0.2) is 5.13 Å². The first-order valence-corrected chi connectivity index (χ1v) is 13.6.